The number of piperidine rings is 1. The first-order chi connectivity index (χ1) is 20.3. The predicted octanol–water partition coefficient (Wildman–Crippen LogP) is 4.46. The number of fused-ring (bicyclic) bond motifs is 1. The lowest BCUT2D eigenvalue weighted by molar-refractivity contribution is 0.0613. The molecule has 1 amide bonds. The summed E-state index contributed by atoms with van der Waals surface area (Å²) in [6.07, 6.45) is 3.27. The molecule has 1 N–H and O–H groups in total. The molecule has 11 nitrogen and oxygen atoms in total. The fourth-order valence-corrected chi connectivity index (χ4v) is 6.52. The number of nitrogens with zero attached hydrogens (tertiary/aromatic N) is 4. The largest absolute Gasteiger partial charge is 0.495 e. The van der Waals surface area contributed by atoms with Gasteiger partial charge < -0.3 is 24.4 Å². The number of aromatic nitrogens is 3. The van der Waals surface area contributed by atoms with Gasteiger partial charge in [0.25, 0.3) is 5.91 Å². The van der Waals surface area contributed by atoms with Crippen molar-refractivity contribution in [3.63, 3.8) is 0 Å². The number of nitrogens with one attached hydrogen (secondary N) is 1. The van der Waals surface area contributed by atoms with Crippen LogP contribution in [-0.4, -0.2) is 73.7 Å². The minimum atomic E-state index is -3.79. The molecular weight excluding hydrogens is 558 g/mol. The van der Waals surface area contributed by atoms with Gasteiger partial charge in [-0.1, -0.05) is 30.3 Å². The third kappa shape index (κ3) is 6.34. The minimum absolute atomic E-state index is 0.0616. The predicted molar refractivity (Wildman–Crippen MR) is 160 cm³/mol. The summed E-state index contributed by atoms with van der Waals surface area (Å²) in [5, 5.41) is 3.60. The number of rotatable bonds is 11. The zero-order chi connectivity index (χ0) is 29.7. The van der Waals surface area contributed by atoms with Crippen LogP contribution >= 0.6 is 0 Å². The van der Waals surface area contributed by atoms with Crippen LogP contribution in [0.15, 0.2) is 60.8 Å². The first-order valence-corrected chi connectivity index (χ1v) is 15.5. The number of likely N-dealkylation sites (tertiary alicyclic amines) is 1. The van der Waals surface area contributed by atoms with Crippen LogP contribution in [0, 0.1) is 5.92 Å². The highest BCUT2D eigenvalue weighted by Gasteiger charge is 2.25. The summed E-state index contributed by atoms with van der Waals surface area (Å²) >= 11 is 0. The van der Waals surface area contributed by atoms with Crippen LogP contribution in [0.2, 0.25) is 0 Å². The van der Waals surface area contributed by atoms with Crippen LogP contribution in [-0.2, 0) is 20.5 Å². The maximum atomic E-state index is 13.4. The van der Waals surface area contributed by atoms with Crippen molar-refractivity contribution in [2.24, 2.45) is 5.92 Å². The molecule has 4 aromatic rings. The van der Waals surface area contributed by atoms with Gasteiger partial charge in [0.2, 0.25) is 21.9 Å². The highest BCUT2D eigenvalue weighted by molar-refractivity contribution is 7.89. The van der Waals surface area contributed by atoms with Crippen LogP contribution in [0.1, 0.15) is 35.7 Å². The van der Waals surface area contributed by atoms with Crippen LogP contribution in [0.5, 0.6) is 11.6 Å². The summed E-state index contributed by atoms with van der Waals surface area (Å²) in [5.74, 6) is 1.01. The molecule has 0 bridgehead atoms. The van der Waals surface area contributed by atoms with Gasteiger partial charge in [0.15, 0.2) is 5.65 Å². The van der Waals surface area contributed by atoms with Gasteiger partial charge in [-0.15, -0.1) is 0 Å². The van der Waals surface area contributed by atoms with Crippen LogP contribution in [0.4, 0.5) is 11.6 Å². The average Bonchev–Trinajstić information content (AvgIpc) is 3.43. The number of carbonyl (C=O) groups excluding carboxylic acids is 1. The first kappa shape index (κ1) is 29.3. The van der Waals surface area contributed by atoms with Crippen molar-refractivity contribution in [1.29, 1.82) is 0 Å². The summed E-state index contributed by atoms with van der Waals surface area (Å²) in [4.78, 5) is 24.1. The Morgan fingerprint density at radius 2 is 1.81 bits per heavy atom. The van der Waals surface area contributed by atoms with Gasteiger partial charge in [-0.05, 0) is 55.5 Å². The molecule has 42 heavy (non-hydrogen) atoms. The van der Waals surface area contributed by atoms with Gasteiger partial charge in [-0.2, -0.15) is 9.97 Å². The average molecular weight is 594 g/mol. The Labute approximate surface area is 245 Å². The Balaban J connectivity index is 1.42. The lowest BCUT2D eigenvalue weighted by Gasteiger charge is -2.31. The topological polar surface area (TPSA) is 125 Å². The SMILES string of the molecule is CCOc1nc(Nc2ccc(C(=O)N3CCC(COC)CC3)cc2OC)nc2c1ccn2S(=O)(=O)Cc1ccccc1. The van der Waals surface area contributed by atoms with E-state index in [9.17, 15) is 13.2 Å². The molecule has 2 aromatic carbocycles. The maximum absolute atomic E-state index is 13.4. The van der Waals surface area contributed by atoms with Crippen molar-refractivity contribution in [2.45, 2.75) is 25.5 Å². The van der Waals surface area contributed by atoms with Crippen molar-refractivity contribution < 1.29 is 27.4 Å². The molecule has 0 unspecified atom stereocenters. The third-order valence-corrected chi connectivity index (χ3v) is 8.84. The number of hydrogen-bond donors (Lipinski definition) is 1. The van der Waals surface area contributed by atoms with E-state index in [2.05, 4.69) is 15.3 Å². The third-order valence-electron chi connectivity index (χ3n) is 7.25. The molecule has 0 aliphatic carbocycles. The number of anilines is 2. The fraction of sp³-hybridized carbons (Fsp3) is 0.367. The van der Waals surface area contributed by atoms with Crippen molar-refractivity contribution in [3.05, 3.63) is 71.9 Å². The molecule has 0 atom stereocenters. The fourth-order valence-electron chi connectivity index (χ4n) is 5.11. The van der Waals surface area contributed by atoms with E-state index < -0.39 is 10.0 Å². The van der Waals surface area contributed by atoms with E-state index in [0.29, 0.717) is 60.2 Å². The molecule has 1 fully saturated rings. The minimum Gasteiger partial charge on any atom is -0.495 e. The second-order valence-corrected chi connectivity index (χ2v) is 12.0. The Bertz CT molecular complexity index is 1650. The van der Waals surface area contributed by atoms with Gasteiger partial charge >= 0.3 is 0 Å². The highest BCUT2D eigenvalue weighted by Crippen LogP contribution is 2.32. The van der Waals surface area contributed by atoms with E-state index in [1.165, 1.54) is 13.3 Å². The number of benzene rings is 2. The quantitative estimate of drug-likeness (QED) is 0.268. The lowest BCUT2D eigenvalue weighted by atomic mass is 9.97. The van der Waals surface area contributed by atoms with E-state index in [-0.39, 0.29) is 29.1 Å². The van der Waals surface area contributed by atoms with Crippen molar-refractivity contribution in [3.8, 4) is 11.6 Å². The second-order valence-electron chi connectivity index (χ2n) is 10.1. The molecule has 222 valence electrons. The molecule has 12 heteroatoms. The summed E-state index contributed by atoms with van der Waals surface area (Å²) in [6.45, 7) is 4.21. The monoisotopic (exact) mass is 593 g/mol. The highest BCUT2D eigenvalue weighted by atomic mass is 32.2. The molecule has 5 rings (SSSR count). The second kappa shape index (κ2) is 12.8. The summed E-state index contributed by atoms with van der Waals surface area (Å²) in [5.41, 5.74) is 1.87. The number of methoxy groups -OCH3 is 2. The smallest absolute Gasteiger partial charge is 0.253 e. The van der Waals surface area contributed by atoms with Gasteiger partial charge in [-0.25, -0.2) is 12.4 Å². The van der Waals surface area contributed by atoms with Gasteiger partial charge in [0, 0.05) is 38.6 Å². The van der Waals surface area contributed by atoms with Crippen LogP contribution < -0.4 is 14.8 Å². The summed E-state index contributed by atoms with van der Waals surface area (Å²) in [6, 6.07) is 15.7. The van der Waals surface area contributed by atoms with E-state index >= 15 is 0 Å². The lowest BCUT2D eigenvalue weighted by Crippen LogP contribution is -2.39. The molecule has 2 aromatic heterocycles. The molecule has 3 heterocycles. The molecule has 0 radical (unpaired) electrons. The Morgan fingerprint density at radius 3 is 2.50 bits per heavy atom. The molecule has 1 aliphatic rings. The zero-order valence-corrected chi connectivity index (χ0v) is 24.8. The van der Waals surface area contributed by atoms with Crippen molar-refractivity contribution >= 4 is 38.6 Å². The molecule has 0 spiro atoms. The van der Waals surface area contributed by atoms with E-state index in [1.807, 2.05) is 17.9 Å². The zero-order valence-electron chi connectivity index (χ0n) is 23.9. The standard InChI is InChI=1S/C30H35N5O6S/c1-4-41-28-24-14-17-35(42(37,38)20-22-8-6-5-7-9-22)27(24)32-30(33-28)31-25-11-10-23(18-26(25)40-3)29(36)34-15-12-21(13-16-34)19-39-2/h5-11,14,17-18,21H,4,12-13,15-16,19-20H2,1-3H3,(H,31,32,33). The van der Waals surface area contributed by atoms with E-state index in [1.54, 1.807) is 55.6 Å². The van der Waals surface area contributed by atoms with Gasteiger partial charge in [-0.3, -0.25) is 4.79 Å². The maximum Gasteiger partial charge on any atom is 0.253 e. The Kier molecular flexibility index (Phi) is 8.93. The van der Waals surface area contributed by atoms with Gasteiger partial charge in [0.1, 0.15) is 5.75 Å². The summed E-state index contributed by atoms with van der Waals surface area (Å²) in [7, 11) is -0.578. The van der Waals surface area contributed by atoms with Crippen molar-refractivity contribution in [2.75, 3.05) is 45.8 Å². The van der Waals surface area contributed by atoms with E-state index in [4.69, 9.17) is 14.2 Å². The van der Waals surface area contributed by atoms with Crippen molar-refractivity contribution in [1.82, 2.24) is 18.8 Å². The first-order valence-electron chi connectivity index (χ1n) is 13.8. The van der Waals surface area contributed by atoms with Crippen LogP contribution in [0.3, 0.4) is 0 Å². The normalized spacial score (nSPS) is 14.2. The van der Waals surface area contributed by atoms with Crippen LogP contribution in [0.25, 0.3) is 11.0 Å². The molecule has 1 saturated heterocycles. The number of ether oxygens (including phenoxy) is 3. The molecule has 0 saturated carbocycles. The summed E-state index contributed by atoms with van der Waals surface area (Å²) < 4.78 is 44.5. The number of carbonyl (C=O) groups is 1. The number of hydrogen-bond acceptors (Lipinski definition) is 9. The van der Waals surface area contributed by atoms with Gasteiger partial charge in [0.05, 0.1) is 30.5 Å². The Hall–Kier alpha value is -4.16. The molecular formula is C30H35N5O6S. The molecule has 1 aliphatic heterocycles. The Morgan fingerprint density at radius 1 is 1.05 bits per heavy atom. The van der Waals surface area contributed by atoms with E-state index in [0.717, 1.165) is 16.8 Å². The number of amides is 1.